The molecule has 0 radical (unpaired) electrons. The molecule has 7 heteroatoms. The van der Waals surface area contributed by atoms with Crippen molar-refractivity contribution >= 4 is 11.9 Å². The highest BCUT2D eigenvalue weighted by Crippen LogP contribution is 2.09. The lowest BCUT2D eigenvalue weighted by Crippen LogP contribution is -2.54. The molecule has 0 bridgehead atoms. The van der Waals surface area contributed by atoms with Gasteiger partial charge in [-0.05, 0) is 18.6 Å². The van der Waals surface area contributed by atoms with Gasteiger partial charge in [-0.25, -0.2) is 4.79 Å². The van der Waals surface area contributed by atoms with Crippen LogP contribution < -0.4 is 16.2 Å². The molecule has 2 rings (SSSR count). The maximum Gasteiger partial charge on any atom is 0.317 e. The molecule has 1 fully saturated rings. The summed E-state index contributed by atoms with van der Waals surface area (Å²) in [5.41, 5.74) is 7.21. The van der Waals surface area contributed by atoms with Crippen molar-refractivity contribution in [1.82, 2.24) is 26.0 Å². The summed E-state index contributed by atoms with van der Waals surface area (Å²) in [6.45, 7) is 4.13. The minimum atomic E-state index is -0.0949. The third kappa shape index (κ3) is 2.98. The van der Waals surface area contributed by atoms with E-state index in [1.165, 1.54) is 0 Å². The van der Waals surface area contributed by atoms with E-state index in [4.69, 9.17) is 0 Å². The van der Waals surface area contributed by atoms with Crippen molar-refractivity contribution in [3.05, 3.63) is 23.5 Å². The first-order chi connectivity index (χ1) is 9.11. The lowest BCUT2D eigenvalue weighted by atomic mass is 10.2. The van der Waals surface area contributed by atoms with Gasteiger partial charge in [-0.3, -0.25) is 10.2 Å². The lowest BCUT2D eigenvalue weighted by Gasteiger charge is -2.35. The molecule has 0 aliphatic carbocycles. The van der Waals surface area contributed by atoms with E-state index in [1.54, 1.807) is 23.0 Å². The van der Waals surface area contributed by atoms with Crippen LogP contribution >= 0.6 is 0 Å². The molecule has 0 aromatic carbocycles. The van der Waals surface area contributed by atoms with Gasteiger partial charge in [0.05, 0.1) is 0 Å². The summed E-state index contributed by atoms with van der Waals surface area (Å²) in [6, 6.07) is -0.0949. The number of hydrogen-bond acceptors (Lipinski definition) is 4. The van der Waals surface area contributed by atoms with E-state index in [9.17, 15) is 9.59 Å². The molecule has 0 atom stereocenters. The molecule has 1 saturated heterocycles. The Kier molecular flexibility index (Phi) is 3.94. The Morgan fingerprint density at radius 3 is 2.42 bits per heavy atom. The lowest BCUT2D eigenvalue weighted by molar-refractivity contribution is -0.129. The fourth-order valence-electron chi connectivity index (χ4n) is 2.09. The average Bonchev–Trinajstić information content (AvgIpc) is 2.46. The SMILES string of the molecule is CNC(=O)N1CCN(C(=O)C2=CC(C)=CNN2)CC1. The zero-order valence-electron chi connectivity index (χ0n) is 11.2. The maximum absolute atomic E-state index is 12.3. The molecule has 0 saturated carbocycles. The zero-order valence-corrected chi connectivity index (χ0v) is 11.2. The number of amides is 3. The van der Waals surface area contributed by atoms with Gasteiger partial charge in [0.25, 0.3) is 5.91 Å². The van der Waals surface area contributed by atoms with Crippen molar-refractivity contribution in [2.75, 3.05) is 33.2 Å². The van der Waals surface area contributed by atoms with E-state index in [0.717, 1.165) is 5.57 Å². The van der Waals surface area contributed by atoms with Crippen molar-refractivity contribution in [3.8, 4) is 0 Å². The van der Waals surface area contributed by atoms with Crippen LogP contribution in [-0.4, -0.2) is 55.0 Å². The van der Waals surface area contributed by atoms with Gasteiger partial charge < -0.3 is 20.5 Å². The minimum absolute atomic E-state index is 0.0449. The zero-order chi connectivity index (χ0) is 13.8. The van der Waals surface area contributed by atoms with E-state index < -0.39 is 0 Å². The Labute approximate surface area is 112 Å². The summed E-state index contributed by atoms with van der Waals surface area (Å²) in [4.78, 5) is 27.2. The van der Waals surface area contributed by atoms with Gasteiger partial charge in [-0.1, -0.05) is 0 Å². The first kappa shape index (κ1) is 13.3. The van der Waals surface area contributed by atoms with Crippen LogP contribution in [0.1, 0.15) is 6.92 Å². The summed E-state index contributed by atoms with van der Waals surface area (Å²) in [6.07, 6.45) is 3.60. The Morgan fingerprint density at radius 2 is 1.84 bits per heavy atom. The van der Waals surface area contributed by atoms with Gasteiger partial charge in [0, 0.05) is 39.4 Å². The number of carbonyl (C=O) groups is 2. The molecule has 2 aliphatic rings. The first-order valence-electron chi connectivity index (χ1n) is 6.28. The van der Waals surface area contributed by atoms with Crippen LogP contribution in [-0.2, 0) is 4.79 Å². The molecular formula is C12H19N5O2. The molecule has 0 spiro atoms. The van der Waals surface area contributed by atoms with Crippen LogP contribution in [0.5, 0.6) is 0 Å². The second-order valence-electron chi connectivity index (χ2n) is 4.55. The first-order valence-corrected chi connectivity index (χ1v) is 6.28. The highest BCUT2D eigenvalue weighted by atomic mass is 16.2. The molecule has 3 amide bonds. The second kappa shape index (κ2) is 5.64. The van der Waals surface area contributed by atoms with Crippen LogP contribution in [0.4, 0.5) is 4.79 Å². The van der Waals surface area contributed by atoms with E-state index in [1.807, 2.05) is 13.0 Å². The molecular weight excluding hydrogens is 246 g/mol. The molecule has 2 aliphatic heterocycles. The van der Waals surface area contributed by atoms with E-state index in [2.05, 4.69) is 16.2 Å². The van der Waals surface area contributed by atoms with Gasteiger partial charge in [0.2, 0.25) is 0 Å². The van der Waals surface area contributed by atoms with Crippen LogP contribution in [0, 0.1) is 0 Å². The molecule has 19 heavy (non-hydrogen) atoms. The maximum atomic E-state index is 12.3. The average molecular weight is 265 g/mol. The Hall–Kier alpha value is -2.18. The number of nitrogens with one attached hydrogen (secondary N) is 3. The van der Waals surface area contributed by atoms with Crippen molar-refractivity contribution in [3.63, 3.8) is 0 Å². The van der Waals surface area contributed by atoms with Gasteiger partial charge in [-0.15, -0.1) is 0 Å². The van der Waals surface area contributed by atoms with E-state index in [0.29, 0.717) is 31.9 Å². The molecule has 7 nitrogen and oxygen atoms in total. The molecule has 104 valence electrons. The Balaban J connectivity index is 1.93. The van der Waals surface area contributed by atoms with Crippen LogP contribution in [0.2, 0.25) is 0 Å². The topological polar surface area (TPSA) is 76.7 Å². The number of piperazine rings is 1. The summed E-state index contributed by atoms with van der Waals surface area (Å²) in [5.74, 6) is -0.0449. The fraction of sp³-hybridized carbons (Fsp3) is 0.500. The largest absolute Gasteiger partial charge is 0.341 e. The van der Waals surface area contributed by atoms with Crippen LogP contribution in [0.15, 0.2) is 23.5 Å². The van der Waals surface area contributed by atoms with E-state index >= 15 is 0 Å². The van der Waals surface area contributed by atoms with Gasteiger partial charge in [0.15, 0.2) is 0 Å². The van der Waals surface area contributed by atoms with Gasteiger partial charge >= 0.3 is 6.03 Å². The molecule has 0 unspecified atom stereocenters. The quantitative estimate of drug-likeness (QED) is 0.590. The number of carbonyl (C=O) groups excluding carboxylic acids is 2. The summed E-state index contributed by atoms with van der Waals surface area (Å²) >= 11 is 0. The molecule has 0 aromatic heterocycles. The van der Waals surface area contributed by atoms with Crippen molar-refractivity contribution in [2.24, 2.45) is 0 Å². The summed E-state index contributed by atoms with van der Waals surface area (Å²) in [7, 11) is 1.61. The summed E-state index contributed by atoms with van der Waals surface area (Å²) < 4.78 is 0. The molecule has 2 heterocycles. The molecule has 3 N–H and O–H groups in total. The highest BCUT2D eigenvalue weighted by molar-refractivity contribution is 5.93. The van der Waals surface area contributed by atoms with Gasteiger partial charge in [0.1, 0.15) is 5.70 Å². The third-order valence-electron chi connectivity index (χ3n) is 3.18. The number of allylic oxidation sites excluding steroid dienone is 2. The standard InChI is InChI=1S/C12H19N5O2/c1-9-7-10(15-14-8-9)11(18)16-3-5-17(6-4-16)12(19)13-2/h7-8,14-15H,3-6H2,1-2H3,(H,13,19). The number of nitrogens with zero attached hydrogens (tertiary/aromatic N) is 2. The minimum Gasteiger partial charge on any atom is -0.341 e. The smallest absolute Gasteiger partial charge is 0.317 e. The number of rotatable bonds is 1. The number of hydrazine groups is 1. The number of urea groups is 1. The van der Waals surface area contributed by atoms with Crippen molar-refractivity contribution < 1.29 is 9.59 Å². The predicted octanol–water partition coefficient (Wildman–Crippen LogP) is -0.634. The highest BCUT2D eigenvalue weighted by Gasteiger charge is 2.25. The summed E-state index contributed by atoms with van der Waals surface area (Å²) in [5, 5.41) is 2.59. The predicted molar refractivity (Wildman–Crippen MR) is 70.7 cm³/mol. The Bertz CT molecular complexity index is 435. The fourth-order valence-corrected chi connectivity index (χ4v) is 2.09. The second-order valence-corrected chi connectivity index (χ2v) is 4.55. The monoisotopic (exact) mass is 265 g/mol. The van der Waals surface area contributed by atoms with Crippen LogP contribution in [0.3, 0.4) is 0 Å². The Morgan fingerprint density at radius 1 is 1.21 bits per heavy atom. The third-order valence-corrected chi connectivity index (χ3v) is 3.18. The van der Waals surface area contributed by atoms with Crippen molar-refractivity contribution in [1.29, 1.82) is 0 Å². The number of hydrogen-bond donors (Lipinski definition) is 3. The van der Waals surface area contributed by atoms with Gasteiger partial charge in [-0.2, -0.15) is 0 Å². The normalized spacial score (nSPS) is 18.8. The van der Waals surface area contributed by atoms with E-state index in [-0.39, 0.29) is 11.9 Å². The van der Waals surface area contributed by atoms with Crippen molar-refractivity contribution in [2.45, 2.75) is 6.92 Å². The van der Waals surface area contributed by atoms with Crippen LogP contribution in [0.25, 0.3) is 0 Å². The molecule has 0 aromatic rings.